The Labute approximate surface area is 205 Å². The molecule has 3 N–H and O–H groups in total. The fraction of sp³-hybridized carbons (Fsp3) is 0.423. The summed E-state index contributed by atoms with van der Waals surface area (Å²) in [5.41, 5.74) is 2.79. The van der Waals surface area contributed by atoms with Crippen LogP contribution in [0.5, 0.6) is 0 Å². The lowest BCUT2D eigenvalue weighted by atomic mass is 9.88. The Morgan fingerprint density at radius 3 is 2.82 bits per heavy atom. The van der Waals surface area contributed by atoms with Crippen molar-refractivity contribution in [1.82, 2.24) is 25.2 Å². The molecule has 3 aromatic rings. The Morgan fingerprint density at radius 2 is 2.00 bits per heavy atom. The van der Waals surface area contributed by atoms with Gasteiger partial charge in [-0.05, 0) is 50.7 Å². The van der Waals surface area contributed by atoms with Crippen molar-refractivity contribution >= 4 is 34.4 Å². The highest BCUT2D eigenvalue weighted by atomic mass is 35.5. The van der Waals surface area contributed by atoms with Gasteiger partial charge in [-0.2, -0.15) is 0 Å². The average molecular weight is 479 g/mol. The number of para-hydroxylation sites is 1. The summed E-state index contributed by atoms with van der Waals surface area (Å²) in [7, 11) is 0. The molecule has 1 aliphatic heterocycles. The van der Waals surface area contributed by atoms with Gasteiger partial charge in [-0.25, -0.2) is 9.97 Å². The Balaban J connectivity index is 1.23. The van der Waals surface area contributed by atoms with Crippen LogP contribution in [0, 0.1) is 0 Å². The van der Waals surface area contributed by atoms with Gasteiger partial charge >= 0.3 is 0 Å². The van der Waals surface area contributed by atoms with E-state index in [2.05, 4.69) is 38.1 Å². The molecule has 2 fully saturated rings. The number of hydrogen-bond donors (Lipinski definition) is 3. The third kappa shape index (κ3) is 4.95. The second kappa shape index (κ2) is 10.2. The second-order valence-corrected chi connectivity index (χ2v) is 9.73. The molecule has 0 bridgehead atoms. The van der Waals surface area contributed by atoms with Gasteiger partial charge in [0.25, 0.3) is 0 Å². The first-order valence-corrected chi connectivity index (χ1v) is 12.5. The van der Waals surface area contributed by atoms with E-state index in [9.17, 15) is 4.79 Å². The second-order valence-electron chi connectivity index (χ2n) is 9.32. The van der Waals surface area contributed by atoms with Crippen molar-refractivity contribution in [2.75, 3.05) is 18.4 Å². The van der Waals surface area contributed by atoms with Crippen molar-refractivity contribution in [1.29, 1.82) is 0 Å². The van der Waals surface area contributed by atoms with Crippen molar-refractivity contribution in [3.05, 3.63) is 54.3 Å². The third-order valence-electron chi connectivity index (χ3n) is 7.15. The Bertz CT molecular complexity index is 1170. The zero-order chi connectivity index (χ0) is 23.5. The van der Waals surface area contributed by atoms with E-state index in [1.165, 1.54) is 18.9 Å². The number of hydrogen-bond acceptors (Lipinski definition) is 5. The molecule has 1 amide bonds. The number of rotatable bonds is 6. The molecule has 2 atom stereocenters. The summed E-state index contributed by atoms with van der Waals surface area (Å²) in [5, 5.41) is 8.27. The van der Waals surface area contributed by atoms with Crippen molar-refractivity contribution in [3.63, 3.8) is 0 Å². The minimum Gasteiger partial charge on any atom is -0.360 e. The minimum atomic E-state index is -0.0737. The molecule has 0 unspecified atom stereocenters. The number of aromatic nitrogens is 3. The lowest BCUT2D eigenvalue weighted by Crippen LogP contribution is -2.50. The van der Waals surface area contributed by atoms with E-state index in [0.29, 0.717) is 23.1 Å². The largest absolute Gasteiger partial charge is 0.360 e. The minimum absolute atomic E-state index is 0.0737. The molecular formula is C26H31ClN6O. The molecule has 2 aromatic heterocycles. The van der Waals surface area contributed by atoms with E-state index in [-0.39, 0.29) is 11.9 Å². The van der Waals surface area contributed by atoms with Crippen molar-refractivity contribution < 1.29 is 4.79 Å². The highest BCUT2D eigenvalue weighted by Crippen LogP contribution is 2.33. The Kier molecular flexibility index (Phi) is 6.83. The molecule has 8 heteroatoms. The fourth-order valence-corrected chi connectivity index (χ4v) is 5.56. The van der Waals surface area contributed by atoms with Crippen molar-refractivity contribution in [2.24, 2.45) is 0 Å². The van der Waals surface area contributed by atoms with Crippen LogP contribution >= 0.6 is 11.6 Å². The van der Waals surface area contributed by atoms with Gasteiger partial charge in [-0.1, -0.05) is 36.4 Å². The number of aromatic amines is 1. The van der Waals surface area contributed by atoms with E-state index >= 15 is 0 Å². The molecule has 0 radical (unpaired) electrons. The molecule has 178 valence electrons. The molecule has 1 saturated heterocycles. The maximum absolute atomic E-state index is 11.6. The molecule has 1 saturated carbocycles. The van der Waals surface area contributed by atoms with Gasteiger partial charge in [0.1, 0.15) is 0 Å². The molecule has 3 heterocycles. The number of piperidine rings is 1. The summed E-state index contributed by atoms with van der Waals surface area (Å²) in [6.45, 7) is 5.58. The van der Waals surface area contributed by atoms with Gasteiger partial charge in [0.05, 0.1) is 16.9 Å². The zero-order valence-corrected chi connectivity index (χ0v) is 20.0. The first kappa shape index (κ1) is 22.9. The molecular weight excluding hydrogens is 448 g/mol. The summed E-state index contributed by atoms with van der Waals surface area (Å²) < 4.78 is 0. The van der Waals surface area contributed by atoms with Gasteiger partial charge in [0, 0.05) is 53.9 Å². The Morgan fingerprint density at radius 1 is 1.18 bits per heavy atom. The maximum atomic E-state index is 11.6. The first-order chi connectivity index (χ1) is 16.6. The van der Waals surface area contributed by atoms with Gasteiger partial charge in [-0.15, -0.1) is 0 Å². The standard InChI is InChI=1S/C26H31ClN6O/c1-2-24(34)30-17-10-12-33(13-11-17)19-7-5-6-18(14-19)31-26-29-16-22(27)25(32-26)21-15-28-23-9-4-3-8-20(21)23/h2-4,8-9,15-19,28H,1,5-7,10-14H2,(H,30,34)(H,29,31,32)/t18-,19+/m1/s1. The summed E-state index contributed by atoms with van der Waals surface area (Å²) in [6.07, 6.45) is 11.5. The number of nitrogens with one attached hydrogen (secondary N) is 3. The zero-order valence-electron chi connectivity index (χ0n) is 19.3. The predicted octanol–water partition coefficient (Wildman–Crippen LogP) is 4.77. The van der Waals surface area contributed by atoms with Gasteiger partial charge < -0.3 is 20.5 Å². The van der Waals surface area contributed by atoms with Gasteiger partial charge in [0.2, 0.25) is 11.9 Å². The van der Waals surface area contributed by atoms with Crippen LogP contribution in [0.15, 0.2) is 49.3 Å². The number of H-pyrrole nitrogens is 1. The highest BCUT2D eigenvalue weighted by molar-refractivity contribution is 6.33. The monoisotopic (exact) mass is 478 g/mol. The van der Waals surface area contributed by atoms with Crippen molar-refractivity contribution in [3.8, 4) is 11.3 Å². The molecule has 0 spiro atoms. The van der Waals surface area contributed by atoms with Crippen LogP contribution in [0.25, 0.3) is 22.2 Å². The van der Waals surface area contributed by atoms with E-state index in [1.807, 2.05) is 24.4 Å². The SMILES string of the molecule is C=CC(=O)NC1CCN([C@H]2CCC[C@@H](Nc3ncc(Cl)c(-c4c[nH]c5ccccc45)n3)C2)CC1. The van der Waals surface area contributed by atoms with E-state index in [1.54, 1.807) is 6.20 Å². The number of likely N-dealkylation sites (tertiary alicyclic amines) is 1. The summed E-state index contributed by atoms with van der Waals surface area (Å²) in [5.74, 6) is 0.552. The van der Waals surface area contributed by atoms with Gasteiger partial charge in [-0.3, -0.25) is 4.79 Å². The topological polar surface area (TPSA) is 85.9 Å². The number of carbonyl (C=O) groups is 1. The molecule has 2 aliphatic rings. The molecule has 34 heavy (non-hydrogen) atoms. The van der Waals surface area contributed by atoms with Crippen LogP contribution in [0.1, 0.15) is 38.5 Å². The van der Waals surface area contributed by atoms with Crippen LogP contribution < -0.4 is 10.6 Å². The van der Waals surface area contributed by atoms with Gasteiger partial charge in [0.15, 0.2) is 0 Å². The molecule has 1 aromatic carbocycles. The lowest BCUT2D eigenvalue weighted by molar-refractivity contribution is -0.117. The number of fused-ring (bicyclic) bond motifs is 1. The summed E-state index contributed by atoms with van der Waals surface area (Å²) in [4.78, 5) is 26.8. The molecule has 7 nitrogen and oxygen atoms in total. The van der Waals surface area contributed by atoms with E-state index in [4.69, 9.17) is 16.6 Å². The quantitative estimate of drug-likeness (QED) is 0.444. The lowest BCUT2D eigenvalue weighted by Gasteiger charge is -2.41. The number of anilines is 1. The van der Waals surface area contributed by atoms with Crippen LogP contribution in [-0.4, -0.2) is 57.0 Å². The number of carbonyl (C=O) groups excluding carboxylic acids is 1. The van der Waals surface area contributed by atoms with Crippen LogP contribution in [-0.2, 0) is 4.79 Å². The van der Waals surface area contributed by atoms with Crippen LogP contribution in [0.3, 0.4) is 0 Å². The Hall–Kier alpha value is -2.90. The normalized spacial score (nSPS) is 21.9. The number of halogens is 1. The number of nitrogens with zero attached hydrogens (tertiary/aromatic N) is 3. The highest BCUT2D eigenvalue weighted by Gasteiger charge is 2.30. The van der Waals surface area contributed by atoms with Crippen LogP contribution in [0.4, 0.5) is 5.95 Å². The maximum Gasteiger partial charge on any atom is 0.243 e. The summed E-state index contributed by atoms with van der Waals surface area (Å²) in [6, 6.07) is 9.28. The average Bonchev–Trinajstić information content (AvgIpc) is 3.30. The summed E-state index contributed by atoms with van der Waals surface area (Å²) >= 11 is 6.50. The fourth-order valence-electron chi connectivity index (χ4n) is 5.37. The van der Waals surface area contributed by atoms with Crippen LogP contribution in [0.2, 0.25) is 5.02 Å². The number of amides is 1. The third-order valence-corrected chi connectivity index (χ3v) is 7.42. The number of benzene rings is 1. The van der Waals surface area contributed by atoms with Crippen molar-refractivity contribution in [2.45, 2.75) is 56.7 Å². The smallest absolute Gasteiger partial charge is 0.243 e. The first-order valence-electron chi connectivity index (χ1n) is 12.1. The predicted molar refractivity (Wildman–Crippen MR) is 137 cm³/mol. The van der Waals surface area contributed by atoms with E-state index in [0.717, 1.165) is 60.9 Å². The molecule has 5 rings (SSSR count). The molecule has 1 aliphatic carbocycles. The van der Waals surface area contributed by atoms with E-state index < -0.39 is 0 Å².